The minimum Gasteiger partial charge on any atom is -0.487 e. The van der Waals surface area contributed by atoms with Crippen molar-refractivity contribution in [3.8, 4) is 5.75 Å². The minimum atomic E-state index is -0.440. The lowest BCUT2D eigenvalue weighted by Gasteiger charge is -2.32. The summed E-state index contributed by atoms with van der Waals surface area (Å²) in [5, 5.41) is 1.21. The van der Waals surface area contributed by atoms with Crippen LogP contribution in [0.2, 0.25) is 10.0 Å². The summed E-state index contributed by atoms with van der Waals surface area (Å²) in [4.78, 5) is 0. The van der Waals surface area contributed by atoms with Gasteiger partial charge in [-0.05, 0) is 63.0 Å². The summed E-state index contributed by atoms with van der Waals surface area (Å²) in [6, 6.07) is 13.1. The Morgan fingerprint density at radius 1 is 0.960 bits per heavy atom. The lowest BCUT2D eigenvalue weighted by atomic mass is 9.79. The third kappa shape index (κ3) is 3.98. The first-order chi connectivity index (χ1) is 11.7. The lowest BCUT2D eigenvalue weighted by Crippen LogP contribution is -2.41. The second-order valence-electron chi connectivity index (χ2n) is 7.20. The summed E-state index contributed by atoms with van der Waals surface area (Å²) in [7, 11) is -0.440. The van der Waals surface area contributed by atoms with Crippen molar-refractivity contribution in [2.45, 2.75) is 45.5 Å². The second-order valence-corrected chi connectivity index (χ2v) is 8.04. The van der Waals surface area contributed by atoms with E-state index in [1.807, 2.05) is 70.2 Å². The van der Waals surface area contributed by atoms with Gasteiger partial charge in [0.05, 0.1) is 16.2 Å². The zero-order chi connectivity index (χ0) is 18.2. The van der Waals surface area contributed by atoms with Crippen LogP contribution < -0.4 is 10.2 Å². The van der Waals surface area contributed by atoms with Crippen LogP contribution >= 0.6 is 23.2 Å². The summed E-state index contributed by atoms with van der Waals surface area (Å²) in [6.07, 6.45) is 0. The van der Waals surface area contributed by atoms with E-state index in [-0.39, 0.29) is 11.2 Å². The van der Waals surface area contributed by atoms with E-state index >= 15 is 0 Å². The Bertz CT molecular complexity index is 761. The second kappa shape index (κ2) is 6.84. The Kier molecular flexibility index (Phi) is 5.09. The van der Waals surface area contributed by atoms with Gasteiger partial charge in [-0.3, -0.25) is 0 Å². The third-order valence-corrected chi connectivity index (χ3v) is 5.30. The van der Waals surface area contributed by atoms with Crippen molar-refractivity contribution < 1.29 is 14.0 Å². The van der Waals surface area contributed by atoms with Gasteiger partial charge in [-0.2, -0.15) is 0 Å². The van der Waals surface area contributed by atoms with Gasteiger partial charge < -0.3 is 14.0 Å². The van der Waals surface area contributed by atoms with Crippen LogP contribution in [0.15, 0.2) is 42.5 Å². The fourth-order valence-corrected chi connectivity index (χ4v) is 3.00. The van der Waals surface area contributed by atoms with E-state index < -0.39 is 7.12 Å². The molecule has 1 saturated heterocycles. The average Bonchev–Trinajstić information content (AvgIpc) is 2.74. The highest BCUT2D eigenvalue weighted by Gasteiger charge is 2.51. The van der Waals surface area contributed by atoms with Crippen LogP contribution in [0.3, 0.4) is 0 Å². The fraction of sp³-hybridized carbons (Fsp3) is 0.368. The van der Waals surface area contributed by atoms with Gasteiger partial charge in [0, 0.05) is 5.02 Å². The minimum absolute atomic E-state index is 0.383. The summed E-state index contributed by atoms with van der Waals surface area (Å²) in [6.45, 7) is 8.50. The number of benzene rings is 2. The molecule has 0 N–H and O–H groups in total. The third-order valence-electron chi connectivity index (χ3n) is 4.76. The highest BCUT2D eigenvalue weighted by atomic mass is 35.5. The molecule has 0 saturated carbocycles. The molecule has 0 bridgehead atoms. The molecule has 0 aromatic heterocycles. The molecule has 1 heterocycles. The van der Waals surface area contributed by atoms with Crippen LogP contribution in [0.5, 0.6) is 5.75 Å². The van der Waals surface area contributed by atoms with Crippen molar-refractivity contribution in [3.63, 3.8) is 0 Å². The smallest absolute Gasteiger partial charge is 0.487 e. The van der Waals surface area contributed by atoms with Gasteiger partial charge in [-0.1, -0.05) is 41.4 Å². The highest BCUT2D eigenvalue weighted by Crippen LogP contribution is 2.37. The number of halogens is 2. The molecule has 25 heavy (non-hydrogen) atoms. The Morgan fingerprint density at radius 2 is 1.64 bits per heavy atom. The maximum Gasteiger partial charge on any atom is 0.494 e. The van der Waals surface area contributed by atoms with Gasteiger partial charge >= 0.3 is 7.12 Å². The largest absolute Gasteiger partial charge is 0.494 e. The van der Waals surface area contributed by atoms with Crippen molar-refractivity contribution >= 4 is 35.8 Å². The fourth-order valence-electron chi connectivity index (χ4n) is 2.55. The van der Waals surface area contributed by atoms with E-state index in [0.717, 1.165) is 11.0 Å². The number of hydrogen-bond acceptors (Lipinski definition) is 3. The molecule has 0 spiro atoms. The monoisotopic (exact) mass is 378 g/mol. The predicted molar refractivity (Wildman–Crippen MR) is 103 cm³/mol. The van der Waals surface area contributed by atoms with Crippen molar-refractivity contribution in [3.05, 3.63) is 58.1 Å². The molecular formula is C19H21BCl2O3. The first kappa shape index (κ1) is 18.6. The first-order valence-corrected chi connectivity index (χ1v) is 8.96. The van der Waals surface area contributed by atoms with Gasteiger partial charge in [0.1, 0.15) is 12.4 Å². The molecule has 0 amide bonds. The lowest BCUT2D eigenvalue weighted by molar-refractivity contribution is 0.00578. The maximum absolute atomic E-state index is 6.39. The van der Waals surface area contributed by atoms with Crippen LogP contribution in [-0.2, 0) is 15.9 Å². The van der Waals surface area contributed by atoms with Crippen molar-refractivity contribution in [2.75, 3.05) is 0 Å². The first-order valence-electron chi connectivity index (χ1n) is 8.20. The molecule has 3 nitrogen and oxygen atoms in total. The standard InChI is InChI=1S/C19H21BCl2O3/c1-18(2)19(3,4)25-20(24-18)14-8-9-17(16(22)11-14)23-12-13-6-5-7-15(21)10-13/h5-11H,12H2,1-4H3. The van der Waals surface area contributed by atoms with Gasteiger partial charge in [0.2, 0.25) is 0 Å². The molecule has 6 heteroatoms. The van der Waals surface area contributed by atoms with E-state index in [9.17, 15) is 0 Å². The normalized spacial score (nSPS) is 18.4. The van der Waals surface area contributed by atoms with Crippen LogP contribution in [-0.4, -0.2) is 18.3 Å². The molecule has 0 radical (unpaired) electrons. The molecule has 1 fully saturated rings. The van der Waals surface area contributed by atoms with Crippen molar-refractivity contribution in [1.82, 2.24) is 0 Å². The van der Waals surface area contributed by atoms with E-state index in [0.29, 0.717) is 22.4 Å². The summed E-state index contributed by atoms with van der Waals surface area (Å²) < 4.78 is 17.9. The van der Waals surface area contributed by atoms with Gasteiger partial charge in [-0.15, -0.1) is 0 Å². The van der Waals surface area contributed by atoms with E-state index in [1.165, 1.54) is 0 Å². The molecule has 3 rings (SSSR count). The highest BCUT2D eigenvalue weighted by molar-refractivity contribution is 6.62. The van der Waals surface area contributed by atoms with Crippen LogP contribution in [0.4, 0.5) is 0 Å². The Hall–Kier alpha value is -1.20. The Morgan fingerprint density at radius 3 is 2.24 bits per heavy atom. The van der Waals surface area contributed by atoms with Crippen LogP contribution in [0.25, 0.3) is 0 Å². The van der Waals surface area contributed by atoms with E-state index in [1.54, 1.807) is 0 Å². The molecule has 0 unspecified atom stereocenters. The molecule has 132 valence electrons. The summed E-state index contributed by atoms with van der Waals surface area (Å²) >= 11 is 12.4. The average molecular weight is 379 g/mol. The Labute approximate surface area is 159 Å². The quantitative estimate of drug-likeness (QED) is 0.710. The predicted octanol–water partition coefficient (Wildman–Crippen LogP) is 4.87. The van der Waals surface area contributed by atoms with Crippen molar-refractivity contribution in [1.29, 1.82) is 0 Å². The van der Waals surface area contributed by atoms with E-state index in [2.05, 4.69) is 0 Å². The summed E-state index contributed by atoms with van der Waals surface area (Å²) in [5.74, 6) is 0.613. The van der Waals surface area contributed by atoms with E-state index in [4.69, 9.17) is 37.2 Å². The van der Waals surface area contributed by atoms with Gasteiger partial charge in [0.25, 0.3) is 0 Å². The SMILES string of the molecule is CC1(C)OB(c2ccc(OCc3cccc(Cl)c3)c(Cl)c2)OC1(C)C. The number of ether oxygens (including phenoxy) is 1. The number of rotatable bonds is 4. The maximum atomic E-state index is 6.39. The topological polar surface area (TPSA) is 27.7 Å². The Balaban J connectivity index is 1.71. The molecule has 2 aromatic rings. The van der Waals surface area contributed by atoms with Gasteiger partial charge in [0.15, 0.2) is 0 Å². The van der Waals surface area contributed by atoms with Gasteiger partial charge in [-0.25, -0.2) is 0 Å². The zero-order valence-electron chi connectivity index (χ0n) is 14.8. The summed E-state index contributed by atoms with van der Waals surface area (Å²) in [5.41, 5.74) is 1.09. The van der Waals surface area contributed by atoms with Crippen LogP contribution in [0, 0.1) is 0 Å². The van der Waals surface area contributed by atoms with Crippen LogP contribution in [0.1, 0.15) is 33.3 Å². The molecule has 0 aliphatic carbocycles. The molecule has 1 aliphatic heterocycles. The zero-order valence-corrected chi connectivity index (χ0v) is 16.3. The molecule has 2 aromatic carbocycles. The molecule has 1 aliphatic rings. The number of hydrogen-bond donors (Lipinski definition) is 0. The molecule has 0 atom stereocenters. The van der Waals surface area contributed by atoms with Crippen molar-refractivity contribution in [2.24, 2.45) is 0 Å². The molecular weight excluding hydrogens is 358 g/mol.